The van der Waals surface area contributed by atoms with Gasteiger partial charge in [0.1, 0.15) is 10.8 Å². The first-order valence-electron chi connectivity index (χ1n) is 6.08. The van der Waals surface area contributed by atoms with Crippen LogP contribution in [0.5, 0.6) is 0 Å². The monoisotopic (exact) mass is 289 g/mol. The van der Waals surface area contributed by atoms with Crippen LogP contribution >= 0.6 is 11.8 Å². The topological polar surface area (TPSA) is 78.1 Å². The number of anilines is 1. The first-order valence-corrected chi connectivity index (χ1v) is 7.07. The zero-order valence-corrected chi connectivity index (χ0v) is 11.9. The first-order chi connectivity index (χ1) is 9.69. The third-order valence-corrected chi connectivity index (χ3v) is 3.45. The summed E-state index contributed by atoms with van der Waals surface area (Å²) >= 11 is 1.46. The van der Waals surface area contributed by atoms with Crippen LogP contribution in [0.4, 0.5) is 5.82 Å². The van der Waals surface area contributed by atoms with Gasteiger partial charge in [-0.1, -0.05) is 30.3 Å². The van der Waals surface area contributed by atoms with E-state index >= 15 is 0 Å². The molecular weight excluding hydrogens is 274 g/mol. The molecule has 20 heavy (non-hydrogen) atoms. The highest BCUT2D eigenvalue weighted by Crippen LogP contribution is 2.22. The molecule has 0 aliphatic rings. The quantitative estimate of drug-likeness (QED) is 0.517. The van der Waals surface area contributed by atoms with E-state index in [0.29, 0.717) is 23.8 Å². The Morgan fingerprint density at radius 3 is 2.75 bits per heavy atom. The molecule has 1 heterocycles. The minimum Gasteiger partial charge on any atom is -0.469 e. The van der Waals surface area contributed by atoms with Crippen LogP contribution in [0.3, 0.4) is 0 Å². The number of methoxy groups -OCH3 is 1. The Morgan fingerprint density at radius 1 is 1.30 bits per heavy atom. The summed E-state index contributed by atoms with van der Waals surface area (Å²) in [4.78, 5) is 19.7. The Morgan fingerprint density at radius 2 is 2.05 bits per heavy atom. The van der Waals surface area contributed by atoms with Crippen molar-refractivity contribution in [2.75, 3.05) is 18.6 Å². The molecule has 0 bridgehead atoms. The second-order valence-electron chi connectivity index (χ2n) is 4.00. The van der Waals surface area contributed by atoms with Crippen molar-refractivity contribution in [2.45, 2.75) is 11.4 Å². The summed E-state index contributed by atoms with van der Waals surface area (Å²) in [5.74, 6) is 1.37. The number of thioether (sulfide) groups is 1. The van der Waals surface area contributed by atoms with Crippen LogP contribution in [0.1, 0.15) is 6.42 Å². The molecule has 0 saturated heterocycles. The Bertz CT molecular complexity index is 590. The molecule has 1 aromatic heterocycles. The molecule has 5 nitrogen and oxygen atoms in total. The molecule has 2 N–H and O–H groups in total. The highest BCUT2D eigenvalue weighted by atomic mass is 32.2. The Balaban J connectivity index is 2.11. The predicted octanol–water partition coefficient (Wildman–Crippen LogP) is 2.38. The molecule has 0 aliphatic carbocycles. The van der Waals surface area contributed by atoms with Crippen LogP contribution in [0.15, 0.2) is 41.4 Å². The molecule has 1 aromatic carbocycles. The number of nitrogens with zero attached hydrogens (tertiary/aromatic N) is 2. The first kappa shape index (κ1) is 14.3. The molecule has 0 fully saturated rings. The lowest BCUT2D eigenvalue weighted by atomic mass is 10.2. The number of hydrogen-bond acceptors (Lipinski definition) is 6. The zero-order valence-electron chi connectivity index (χ0n) is 11.1. The second kappa shape index (κ2) is 6.91. The van der Waals surface area contributed by atoms with E-state index in [9.17, 15) is 4.79 Å². The van der Waals surface area contributed by atoms with Crippen molar-refractivity contribution in [3.05, 3.63) is 36.4 Å². The van der Waals surface area contributed by atoms with Gasteiger partial charge in [-0.2, -0.15) is 0 Å². The molecule has 0 radical (unpaired) electrons. The normalized spacial score (nSPS) is 10.2. The minimum atomic E-state index is -0.234. The van der Waals surface area contributed by atoms with Crippen LogP contribution < -0.4 is 5.73 Å². The van der Waals surface area contributed by atoms with Crippen molar-refractivity contribution < 1.29 is 9.53 Å². The van der Waals surface area contributed by atoms with Crippen LogP contribution in [-0.2, 0) is 9.53 Å². The fraction of sp³-hybridized carbons (Fsp3) is 0.214. The van der Waals surface area contributed by atoms with Gasteiger partial charge in [-0.3, -0.25) is 4.79 Å². The third-order valence-electron chi connectivity index (χ3n) is 2.54. The van der Waals surface area contributed by atoms with Gasteiger partial charge in [0.2, 0.25) is 0 Å². The zero-order chi connectivity index (χ0) is 14.4. The van der Waals surface area contributed by atoms with Gasteiger partial charge in [-0.15, -0.1) is 11.8 Å². The van der Waals surface area contributed by atoms with Crippen molar-refractivity contribution >= 4 is 23.5 Å². The second-order valence-corrected chi connectivity index (χ2v) is 5.11. The largest absolute Gasteiger partial charge is 0.469 e. The summed E-state index contributed by atoms with van der Waals surface area (Å²) in [5, 5.41) is 0.750. The lowest BCUT2D eigenvalue weighted by molar-refractivity contribution is -0.140. The number of carbonyl (C=O) groups excluding carboxylic acids is 1. The molecule has 2 rings (SSSR count). The summed E-state index contributed by atoms with van der Waals surface area (Å²) in [7, 11) is 1.38. The fourth-order valence-corrected chi connectivity index (χ4v) is 2.41. The smallest absolute Gasteiger partial charge is 0.306 e. The van der Waals surface area contributed by atoms with E-state index in [1.165, 1.54) is 18.9 Å². The Kier molecular flexibility index (Phi) is 4.95. The molecule has 0 amide bonds. The van der Waals surface area contributed by atoms with Gasteiger partial charge in [-0.25, -0.2) is 9.97 Å². The predicted molar refractivity (Wildman–Crippen MR) is 79.2 cm³/mol. The molecule has 6 heteroatoms. The summed E-state index contributed by atoms with van der Waals surface area (Å²) in [6.07, 6.45) is 0.339. The number of nitrogen functional groups attached to an aromatic ring is 1. The van der Waals surface area contributed by atoms with E-state index in [4.69, 9.17) is 5.73 Å². The van der Waals surface area contributed by atoms with Crippen LogP contribution in [0, 0.1) is 0 Å². The maximum atomic E-state index is 11.1. The molecular formula is C14H15N3O2S. The van der Waals surface area contributed by atoms with E-state index in [-0.39, 0.29) is 5.97 Å². The van der Waals surface area contributed by atoms with Gasteiger partial charge >= 0.3 is 5.97 Å². The number of esters is 1. The highest BCUT2D eigenvalue weighted by molar-refractivity contribution is 7.99. The maximum absolute atomic E-state index is 11.1. The molecule has 0 spiro atoms. The van der Waals surface area contributed by atoms with Crippen molar-refractivity contribution in [2.24, 2.45) is 0 Å². The lowest BCUT2D eigenvalue weighted by Gasteiger charge is -2.05. The average molecular weight is 289 g/mol. The van der Waals surface area contributed by atoms with E-state index < -0.39 is 0 Å². The van der Waals surface area contributed by atoms with Crippen molar-refractivity contribution in [3.63, 3.8) is 0 Å². The van der Waals surface area contributed by atoms with Crippen LogP contribution in [0.2, 0.25) is 0 Å². The number of carbonyl (C=O) groups is 1. The SMILES string of the molecule is COC(=O)CCSc1cc(N)nc(-c2ccccc2)n1. The van der Waals surface area contributed by atoms with E-state index in [2.05, 4.69) is 14.7 Å². The average Bonchev–Trinajstić information content (AvgIpc) is 2.47. The van der Waals surface area contributed by atoms with Gasteiger partial charge in [0.15, 0.2) is 5.82 Å². The maximum Gasteiger partial charge on any atom is 0.306 e. The van der Waals surface area contributed by atoms with E-state index in [1.807, 2.05) is 30.3 Å². The number of nitrogens with two attached hydrogens (primary N) is 1. The Labute approximate surface area is 121 Å². The molecule has 0 saturated carbocycles. The number of benzene rings is 1. The van der Waals surface area contributed by atoms with Crippen LogP contribution in [0.25, 0.3) is 11.4 Å². The summed E-state index contributed by atoms with van der Waals surface area (Å²) in [5.41, 5.74) is 6.71. The molecule has 0 unspecified atom stereocenters. The van der Waals surface area contributed by atoms with Gasteiger partial charge in [-0.05, 0) is 0 Å². The van der Waals surface area contributed by atoms with Crippen molar-refractivity contribution in [1.82, 2.24) is 9.97 Å². The summed E-state index contributed by atoms with van der Waals surface area (Å²) in [6, 6.07) is 11.3. The Hall–Kier alpha value is -2.08. The molecule has 104 valence electrons. The van der Waals surface area contributed by atoms with E-state index in [0.717, 1.165) is 10.6 Å². The standard InChI is InChI=1S/C14H15N3O2S/c1-19-13(18)7-8-20-12-9-11(15)16-14(17-12)10-5-3-2-4-6-10/h2-6,9H,7-8H2,1H3,(H2,15,16,17). The minimum absolute atomic E-state index is 0.234. The van der Waals surface area contributed by atoms with Crippen molar-refractivity contribution in [3.8, 4) is 11.4 Å². The van der Waals surface area contributed by atoms with Gasteiger partial charge in [0.25, 0.3) is 0 Å². The fourth-order valence-electron chi connectivity index (χ4n) is 1.57. The number of rotatable bonds is 5. The summed E-state index contributed by atoms with van der Waals surface area (Å²) < 4.78 is 4.60. The number of ether oxygens (including phenoxy) is 1. The number of aromatic nitrogens is 2. The van der Waals surface area contributed by atoms with Crippen LogP contribution in [-0.4, -0.2) is 28.8 Å². The molecule has 0 aliphatic heterocycles. The van der Waals surface area contributed by atoms with Crippen molar-refractivity contribution in [1.29, 1.82) is 0 Å². The summed E-state index contributed by atoms with van der Waals surface area (Å²) in [6.45, 7) is 0. The van der Waals surface area contributed by atoms with Gasteiger partial charge in [0, 0.05) is 17.4 Å². The molecule has 2 aromatic rings. The van der Waals surface area contributed by atoms with Gasteiger partial charge < -0.3 is 10.5 Å². The van der Waals surface area contributed by atoms with E-state index in [1.54, 1.807) is 6.07 Å². The highest BCUT2D eigenvalue weighted by Gasteiger charge is 2.07. The van der Waals surface area contributed by atoms with Gasteiger partial charge in [0.05, 0.1) is 13.5 Å². The lowest BCUT2D eigenvalue weighted by Crippen LogP contribution is -2.02. The third kappa shape index (κ3) is 3.96. The molecule has 0 atom stereocenters. The number of hydrogen-bond donors (Lipinski definition) is 1.